The van der Waals surface area contributed by atoms with Gasteiger partial charge in [-0.1, -0.05) is 0 Å². The van der Waals surface area contributed by atoms with Crippen LogP contribution in [0.4, 0.5) is 0 Å². The van der Waals surface area contributed by atoms with E-state index in [0.29, 0.717) is 37.0 Å². The van der Waals surface area contributed by atoms with Gasteiger partial charge in [-0.05, 0) is 31.9 Å². The van der Waals surface area contributed by atoms with Crippen molar-refractivity contribution >= 4 is 5.96 Å². The second-order valence-electron chi connectivity index (χ2n) is 6.33. The Hall–Kier alpha value is -2.19. The van der Waals surface area contributed by atoms with Crippen LogP contribution in [0, 0.1) is 0 Å². The number of guanidine groups is 1. The van der Waals surface area contributed by atoms with E-state index in [4.69, 9.17) is 23.7 Å². The number of aliphatic imine (C=N–C) groups is 1. The third kappa shape index (κ3) is 6.45. The van der Waals surface area contributed by atoms with Crippen LogP contribution in [0.1, 0.15) is 25.3 Å². The van der Waals surface area contributed by atoms with Gasteiger partial charge in [-0.2, -0.15) is 0 Å². The van der Waals surface area contributed by atoms with Gasteiger partial charge in [0.15, 0.2) is 17.5 Å². The molecular weight excluding hydrogens is 362 g/mol. The van der Waals surface area contributed by atoms with Crippen molar-refractivity contribution in [1.29, 1.82) is 0 Å². The summed E-state index contributed by atoms with van der Waals surface area (Å²) in [5.41, 5.74) is 0.918. The van der Waals surface area contributed by atoms with Crippen LogP contribution in [0.3, 0.4) is 0 Å². The van der Waals surface area contributed by atoms with Gasteiger partial charge in [0.1, 0.15) is 0 Å². The van der Waals surface area contributed by atoms with Crippen molar-refractivity contribution in [3.05, 3.63) is 17.7 Å². The summed E-state index contributed by atoms with van der Waals surface area (Å²) in [6.07, 6.45) is 2.14. The Bertz CT molecular complexity index is 618. The average molecular weight is 396 g/mol. The number of nitrogens with zero attached hydrogens (tertiary/aromatic N) is 1. The molecule has 1 aliphatic heterocycles. The van der Waals surface area contributed by atoms with Crippen LogP contribution in [0.5, 0.6) is 17.2 Å². The van der Waals surface area contributed by atoms with Crippen LogP contribution in [0.25, 0.3) is 0 Å². The highest BCUT2D eigenvalue weighted by Crippen LogP contribution is 2.39. The smallest absolute Gasteiger partial charge is 0.203 e. The van der Waals surface area contributed by atoms with Crippen molar-refractivity contribution in [3.8, 4) is 17.2 Å². The first-order valence-electron chi connectivity index (χ1n) is 9.72. The number of benzene rings is 1. The molecular formula is C20H33N3O5. The van der Waals surface area contributed by atoms with Gasteiger partial charge in [0.2, 0.25) is 5.75 Å². The van der Waals surface area contributed by atoms with Crippen LogP contribution in [0.2, 0.25) is 0 Å². The molecule has 1 heterocycles. The Morgan fingerprint density at radius 1 is 1.14 bits per heavy atom. The highest BCUT2D eigenvalue weighted by atomic mass is 16.5. The summed E-state index contributed by atoms with van der Waals surface area (Å²) < 4.78 is 27.4. The Labute approximate surface area is 167 Å². The molecule has 1 unspecified atom stereocenters. The number of hydrogen-bond donors (Lipinski definition) is 2. The second kappa shape index (κ2) is 12.3. The molecule has 1 fully saturated rings. The Kier molecular flexibility index (Phi) is 9.71. The van der Waals surface area contributed by atoms with Gasteiger partial charge < -0.3 is 34.3 Å². The van der Waals surface area contributed by atoms with Crippen LogP contribution in [-0.2, 0) is 16.0 Å². The molecule has 0 bridgehead atoms. The number of methoxy groups -OCH3 is 3. The summed E-state index contributed by atoms with van der Waals surface area (Å²) in [4.78, 5) is 4.66. The molecule has 0 aliphatic carbocycles. The molecule has 0 radical (unpaired) electrons. The lowest BCUT2D eigenvalue weighted by molar-refractivity contribution is 0.0420. The summed E-state index contributed by atoms with van der Waals surface area (Å²) in [5.74, 6) is 2.59. The van der Waals surface area contributed by atoms with Gasteiger partial charge in [0.25, 0.3) is 0 Å². The molecule has 0 aromatic heterocycles. The molecule has 8 heteroatoms. The number of hydrogen-bond acceptors (Lipinski definition) is 6. The minimum Gasteiger partial charge on any atom is -0.493 e. The third-order valence-electron chi connectivity index (χ3n) is 4.39. The lowest BCUT2D eigenvalue weighted by Gasteiger charge is -2.16. The predicted octanol–water partition coefficient (Wildman–Crippen LogP) is 1.96. The molecule has 2 rings (SSSR count). The summed E-state index contributed by atoms with van der Waals surface area (Å²) in [5, 5.41) is 6.59. The van der Waals surface area contributed by atoms with Crippen LogP contribution < -0.4 is 24.8 Å². The zero-order chi connectivity index (χ0) is 20.2. The fraction of sp³-hybridized carbons (Fsp3) is 0.650. The first-order valence-corrected chi connectivity index (χ1v) is 9.72. The van der Waals surface area contributed by atoms with Gasteiger partial charge in [-0.25, -0.2) is 4.99 Å². The molecule has 158 valence electrons. The molecule has 1 saturated heterocycles. The highest BCUT2D eigenvalue weighted by molar-refractivity contribution is 5.79. The van der Waals surface area contributed by atoms with E-state index in [1.54, 1.807) is 21.3 Å². The second-order valence-corrected chi connectivity index (χ2v) is 6.33. The first-order chi connectivity index (χ1) is 13.7. The Morgan fingerprint density at radius 2 is 1.96 bits per heavy atom. The van der Waals surface area contributed by atoms with Crippen molar-refractivity contribution in [2.75, 3.05) is 54.2 Å². The minimum absolute atomic E-state index is 0.249. The first kappa shape index (κ1) is 22.1. The number of rotatable bonds is 11. The maximum absolute atomic E-state index is 5.78. The van der Waals surface area contributed by atoms with E-state index >= 15 is 0 Å². The van der Waals surface area contributed by atoms with E-state index < -0.39 is 0 Å². The normalized spacial score (nSPS) is 16.7. The monoisotopic (exact) mass is 395 g/mol. The van der Waals surface area contributed by atoms with Crippen molar-refractivity contribution in [2.45, 2.75) is 32.4 Å². The minimum atomic E-state index is 0.249. The number of nitrogens with one attached hydrogen (secondary N) is 2. The summed E-state index contributed by atoms with van der Waals surface area (Å²) in [6, 6.07) is 3.79. The summed E-state index contributed by atoms with van der Waals surface area (Å²) >= 11 is 0. The topological polar surface area (TPSA) is 82.6 Å². The van der Waals surface area contributed by atoms with E-state index in [-0.39, 0.29) is 6.10 Å². The fourth-order valence-corrected chi connectivity index (χ4v) is 2.97. The molecule has 1 aromatic carbocycles. The van der Waals surface area contributed by atoms with Gasteiger partial charge in [-0.3, -0.25) is 0 Å². The van der Waals surface area contributed by atoms with E-state index in [1.165, 1.54) is 0 Å². The van der Waals surface area contributed by atoms with Gasteiger partial charge >= 0.3 is 0 Å². The molecule has 1 atom stereocenters. The Balaban J connectivity index is 1.90. The summed E-state index contributed by atoms with van der Waals surface area (Å²) in [6.45, 7) is 6.29. The third-order valence-corrected chi connectivity index (χ3v) is 4.39. The largest absolute Gasteiger partial charge is 0.493 e. The number of ether oxygens (including phenoxy) is 5. The molecule has 0 saturated carbocycles. The van der Waals surface area contributed by atoms with E-state index in [0.717, 1.165) is 44.1 Å². The van der Waals surface area contributed by atoms with E-state index in [2.05, 4.69) is 15.6 Å². The summed E-state index contributed by atoms with van der Waals surface area (Å²) in [7, 11) is 4.81. The fourth-order valence-electron chi connectivity index (χ4n) is 2.97. The lowest BCUT2D eigenvalue weighted by atomic mass is 10.1. The van der Waals surface area contributed by atoms with Gasteiger partial charge in [0.05, 0.1) is 40.6 Å². The molecule has 2 N–H and O–H groups in total. The maximum atomic E-state index is 5.78. The van der Waals surface area contributed by atoms with Crippen molar-refractivity contribution in [1.82, 2.24) is 10.6 Å². The molecule has 28 heavy (non-hydrogen) atoms. The van der Waals surface area contributed by atoms with Crippen molar-refractivity contribution in [2.24, 2.45) is 4.99 Å². The van der Waals surface area contributed by atoms with Crippen LogP contribution in [-0.4, -0.2) is 66.3 Å². The molecule has 0 amide bonds. The van der Waals surface area contributed by atoms with Gasteiger partial charge in [0, 0.05) is 31.9 Å². The predicted molar refractivity (Wildman–Crippen MR) is 109 cm³/mol. The van der Waals surface area contributed by atoms with Crippen LogP contribution in [0.15, 0.2) is 17.1 Å². The zero-order valence-electron chi connectivity index (χ0n) is 17.4. The van der Waals surface area contributed by atoms with E-state index in [9.17, 15) is 0 Å². The van der Waals surface area contributed by atoms with Crippen molar-refractivity contribution in [3.63, 3.8) is 0 Å². The van der Waals surface area contributed by atoms with E-state index in [1.807, 2.05) is 19.1 Å². The lowest BCUT2D eigenvalue weighted by Crippen LogP contribution is -2.38. The quantitative estimate of drug-likeness (QED) is 0.337. The molecule has 1 aliphatic rings. The zero-order valence-corrected chi connectivity index (χ0v) is 17.4. The highest BCUT2D eigenvalue weighted by Gasteiger charge is 2.16. The van der Waals surface area contributed by atoms with Gasteiger partial charge in [-0.15, -0.1) is 0 Å². The van der Waals surface area contributed by atoms with Crippen LogP contribution >= 0.6 is 0 Å². The molecule has 0 spiro atoms. The average Bonchev–Trinajstić information content (AvgIpc) is 3.24. The SMILES string of the molecule is CCNC(=NCc1ccc(OC)c(OC)c1OC)NCCCOC1CCOC1. The standard InChI is InChI=1S/C20H33N3O5/c1-5-21-20(22-10-6-11-28-16-9-12-27-14-16)23-13-15-7-8-17(24-2)19(26-4)18(15)25-3/h7-8,16H,5-6,9-14H2,1-4H3,(H2,21,22,23). The van der Waals surface area contributed by atoms with Crippen molar-refractivity contribution < 1.29 is 23.7 Å². The molecule has 1 aromatic rings. The molecule has 8 nitrogen and oxygen atoms in total. The maximum Gasteiger partial charge on any atom is 0.203 e. The Morgan fingerprint density at radius 3 is 2.61 bits per heavy atom.